The maximum atomic E-state index is 13.2. The number of carbonyl (C=O) groups is 2. The Hall–Kier alpha value is -3.58. The zero-order valence-corrected chi connectivity index (χ0v) is 17.8. The minimum absolute atomic E-state index is 0.0452. The van der Waals surface area contributed by atoms with Gasteiger partial charge in [0.2, 0.25) is 5.91 Å². The first-order valence-corrected chi connectivity index (χ1v) is 10.3. The Morgan fingerprint density at radius 1 is 1.10 bits per heavy atom. The normalized spacial score (nSPS) is 17.5. The van der Waals surface area contributed by atoms with Gasteiger partial charge in [0.25, 0.3) is 5.91 Å². The highest BCUT2D eigenvalue weighted by atomic mass is 16.3. The van der Waals surface area contributed by atoms with Crippen LogP contribution >= 0.6 is 0 Å². The molecule has 2 aromatic carbocycles. The topological polar surface area (TPSA) is 69.0 Å². The lowest BCUT2D eigenvalue weighted by Gasteiger charge is -2.40. The molecule has 0 saturated heterocycles. The average Bonchev–Trinajstić information content (AvgIpc) is 3.42. The van der Waals surface area contributed by atoms with Gasteiger partial charge >= 0.3 is 0 Å². The molecule has 31 heavy (non-hydrogen) atoms. The van der Waals surface area contributed by atoms with Gasteiger partial charge in [-0.05, 0) is 42.3 Å². The van der Waals surface area contributed by atoms with E-state index in [4.69, 9.17) is 4.42 Å². The third kappa shape index (κ3) is 3.09. The number of carbonyl (C=O) groups excluding carboxylic acids is 2. The van der Waals surface area contributed by atoms with Crippen LogP contribution in [-0.4, -0.2) is 31.4 Å². The number of para-hydroxylation sites is 1. The summed E-state index contributed by atoms with van der Waals surface area (Å²) >= 11 is 0. The molecule has 0 fully saturated rings. The zero-order valence-electron chi connectivity index (χ0n) is 17.8. The second kappa shape index (κ2) is 7.28. The maximum Gasteiger partial charge on any atom is 0.294 e. The quantitative estimate of drug-likeness (QED) is 0.688. The van der Waals surface area contributed by atoms with Crippen molar-refractivity contribution in [3.8, 4) is 11.1 Å². The standard InChI is InChI=1S/C24H24N4O3/c1-15-14-27(24(30)22-8-5-11-31-22)21-12-17(9-10-20(21)28(15)16(2)29)19-7-4-6-18-13-25-26(3)23(18)19/h4-12,15,25H,13-14H2,1-3H3/t15-/m0/s1. The van der Waals surface area contributed by atoms with Gasteiger partial charge < -0.3 is 19.2 Å². The predicted molar refractivity (Wildman–Crippen MR) is 120 cm³/mol. The van der Waals surface area contributed by atoms with E-state index in [1.807, 2.05) is 43.2 Å². The van der Waals surface area contributed by atoms with Gasteiger partial charge in [-0.1, -0.05) is 24.3 Å². The van der Waals surface area contributed by atoms with Crippen LogP contribution in [0, 0.1) is 0 Å². The number of anilines is 3. The van der Waals surface area contributed by atoms with Crippen molar-refractivity contribution in [1.29, 1.82) is 0 Å². The number of fused-ring (bicyclic) bond motifs is 2. The molecule has 1 N–H and O–H groups in total. The molecule has 3 aromatic rings. The summed E-state index contributed by atoms with van der Waals surface area (Å²) in [4.78, 5) is 29.1. The van der Waals surface area contributed by atoms with E-state index in [-0.39, 0.29) is 23.6 Å². The van der Waals surface area contributed by atoms with Crippen LogP contribution in [0.1, 0.15) is 30.0 Å². The third-order valence-corrected chi connectivity index (χ3v) is 6.00. The van der Waals surface area contributed by atoms with Crippen LogP contribution in [-0.2, 0) is 11.3 Å². The van der Waals surface area contributed by atoms with Gasteiger partial charge in [-0.2, -0.15) is 0 Å². The number of nitrogens with one attached hydrogen (secondary N) is 1. The molecule has 0 unspecified atom stereocenters. The molecule has 7 nitrogen and oxygen atoms in total. The van der Waals surface area contributed by atoms with Crippen LogP contribution in [0.25, 0.3) is 11.1 Å². The second-order valence-electron chi connectivity index (χ2n) is 8.04. The lowest BCUT2D eigenvalue weighted by atomic mass is 9.97. The summed E-state index contributed by atoms with van der Waals surface area (Å²) in [6.07, 6.45) is 1.50. The van der Waals surface area contributed by atoms with Crippen molar-refractivity contribution < 1.29 is 14.0 Å². The molecule has 0 radical (unpaired) electrons. The van der Waals surface area contributed by atoms with Crippen LogP contribution < -0.4 is 20.2 Å². The summed E-state index contributed by atoms with van der Waals surface area (Å²) in [5, 5.41) is 2.03. The number of hydrogen-bond acceptors (Lipinski definition) is 5. The van der Waals surface area contributed by atoms with E-state index in [1.165, 1.54) is 11.8 Å². The molecule has 3 heterocycles. The molecule has 1 atom stereocenters. The van der Waals surface area contributed by atoms with E-state index in [1.54, 1.807) is 28.9 Å². The van der Waals surface area contributed by atoms with Crippen LogP contribution in [0.2, 0.25) is 0 Å². The molecule has 5 rings (SSSR count). The highest BCUT2D eigenvalue weighted by Crippen LogP contribution is 2.42. The first-order chi connectivity index (χ1) is 15.0. The van der Waals surface area contributed by atoms with Gasteiger partial charge in [-0.25, -0.2) is 5.43 Å². The van der Waals surface area contributed by atoms with Crippen LogP contribution in [0.4, 0.5) is 17.1 Å². The number of benzene rings is 2. The molecule has 1 aromatic heterocycles. The summed E-state index contributed by atoms with van der Waals surface area (Å²) in [6.45, 7) is 4.68. The molecule has 7 heteroatoms. The van der Waals surface area contributed by atoms with Crippen LogP contribution in [0.5, 0.6) is 0 Å². The Balaban J connectivity index is 1.67. The first kappa shape index (κ1) is 19.4. The van der Waals surface area contributed by atoms with E-state index < -0.39 is 0 Å². The largest absolute Gasteiger partial charge is 0.459 e. The van der Waals surface area contributed by atoms with Crippen LogP contribution in [0.15, 0.2) is 59.2 Å². The van der Waals surface area contributed by atoms with Gasteiger partial charge in [0.05, 0.1) is 29.4 Å². The Kier molecular flexibility index (Phi) is 4.55. The van der Waals surface area contributed by atoms with Crippen LogP contribution in [0.3, 0.4) is 0 Å². The van der Waals surface area contributed by atoms with Gasteiger partial charge in [0, 0.05) is 32.6 Å². The third-order valence-electron chi connectivity index (χ3n) is 6.00. The molecule has 2 amide bonds. The van der Waals surface area contributed by atoms with E-state index >= 15 is 0 Å². The van der Waals surface area contributed by atoms with E-state index in [9.17, 15) is 9.59 Å². The van der Waals surface area contributed by atoms with Gasteiger partial charge in [0.15, 0.2) is 5.76 Å². The zero-order chi connectivity index (χ0) is 21.7. The SMILES string of the molecule is CC(=O)N1c2ccc(-c3cccc4c3N(C)NC4)cc2N(C(=O)c2ccco2)C[C@@H]1C. The molecule has 0 bridgehead atoms. The molecule has 2 aliphatic heterocycles. The van der Waals surface area contributed by atoms with Gasteiger partial charge in [-0.15, -0.1) is 0 Å². The maximum absolute atomic E-state index is 13.2. The fourth-order valence-electron chi connectivity index (χ4n) is 4.64. The first-order valence-electron chi connectivity index (χ1n) is 10.3. The highest BCUT2D eigenvalue weighted by Gasteiger charge is 2.35. The summed E-state index contributed by atoms with van der Waals surface area (Å²) in [5.41, 5.74) is 9.18. The van der Waals surface area contributed by atoms with E-state index in [2.05, 4.69) is 17.6 Å². The van der Waals surface area contributed by atoms with Gasteiger partial charge in [-0.3, -0.25) is 9.59 Å². The Labute approximate surface area is 180 Å². The summed E-state index contributed by atoms with van der Waals surface area (Å²) in [5.74, 6) is 0.0241. The number of furan rings is 1. The molecular weight excluding hydrogens is 392 g/mol. The Morgan fingerprint density at radius 3 is 2.68 bits per heavy atom. The molecule has 0 spiro atoms. The number of nitrogens with zero attached hydrogens (tertiary/aromatic N) is 3. The van der Waals surface area contributed by atoms with Crippen molar-refractivity contribution in [2.24, 2.45) is 0 Å². The average molecular weight is 416 g/mol. The fourth-order valence-corrected chi connectivity index (χ4v) is 4.64. The second-order valence-corrected chi connectivity index (χ2v) is 8.04. The van der Waals surface area contributed by atoms with Crippen molar-refractivity contribution in [2.75, 3.05) is 28.4 Å². The lowest BCUT2D eigenvalue weighted by molar-refractivity contribution is -0.117. The smallest absolute Gasteiger partial charge is 0.294 e. The van der Waals surface area contributed by atoms with E-state index in [0.717, 1.165) is 29.0 Å². The Morgan fingerprint density at radius 2 is 1.94 bits per heavy atom. The molecule has 158 valence electrons. The monoisotopic (exact) mass is 416 g/mol. The highest BCUT2D eigenvalue weighted by molar-refractivity contribution is 6.10. The number of hydrogen-bond donors (Lipinski definition) is 1. The Bertz CT molecular complexity index is 1170. The van der Waals surface area contributed by atoms with Crippen molar-refractivity contribution in [3.05, 3.63) is 66.1 Å². The van der Waals surface area contributed by atoms with E-state index in [0.29, 0.717) is 12.2 Å². The van der Waals surface area contributed by atoms with Crippen molar-refractivity contribution in [1.82, 2.24) is 5.43 Å². The number of hydrazine groups is 1. The number of amides is 2. The molecule has 0 aliphatic carbocycles. The summed E-state index contributed by atoms with van der Waals surface area (Å²) in [6, 6.07) is 15.4. The van der Waals surface area contributed by atoms with Crippen molar-refractivity contribution in [2.45, 2.75) is 26.4 Å². The summed E-state index contributed by atoms with van der Waals surface area (Å²) in [7, 11) is 2.00. The molecule has 0 saturated carbocycles. The number of rotatable bonds is 2. The minimum Gasteiger partial charge on any atom is -0.459 e. The lowest BCUT2D eigenvalue weighted by Crippen LogP contribution is -2.51. The van der Waals surface area contributed by atoms with Crippen molar-refractivity contribution in [3.63, 3.8) is 0 Å². The predicted octanol–water partition coefficient (Wildman–Crippen LogP) is 3.80. The summed E-state index contributed by atoms with van der Waals surface area (Å²) < 4.78 is 5.38. The van der Waals surface area contributed by atoms with Gasteiger partial charge in [0.1, 0.15) is 0 Å². The van der Waals surface area contributed by atoms with Crippen molar-refractivity contribution >= 4 is 28.9 Å². The minimum atomic E-state index is -0.212. The molecule has 2 aliphatic rings. The fraction of sp³-hybridized carbons (Fsp3) is 0.250. The molecular formula is C24H24N4O3.